The van der Waals surface area contributed by atoms with Crippen LogP contribution in [0.5, 0.6) is 0 Å². The van der Waals surface area contributed by atoms with Gasteiger partial charge in [0.25, 0.3) is 0 Å². The van der Waals surface area contributed by atoms with E-state index in [1.807, 2.05) is 0 Å². The summed E-state index contributed by atoms with van der Waals surface area (Å²) in [6.45, 7) is 7.67. The lowest BCUT2D eigenvalue weighted by Gasteiger charge is -2.36. The van der Waals surface area contributed by atoms with Crippen LogP contribution in [0.4, 0.5) is 0 Å². The summed E-state index contributed by atoms with van der Waals surface area (Å²) in [4.78, 5) is 4.88. The van der Waals surface area contributed by atoms with Crippen molar-refractivity contribution in [3.05, 3.63) is 0 Å². The molecular formula is C14H27N3. The number of piperidine rings is 1. The van der Waals surface area contributed by atoms with Crippen LogP contribution in [0, 0.1) is 18.3 Å². The molecule has 0 aliphatic carbocycles. The maximum Gasteiger partial charge on any atom is 0.0574 e. The molecule has 3 nitrogen and oxygen atoms in total. The SMILES string of the molecule is C#CCNCC(C)N1CCC(CN(C)C)CC1. The molecule has 1 saturated heterocycles. The van der Waals surface area contributed by atoms with E-state index in [0.717, 1.165) is 12.5 Å². The van der Waals surface area contributed by atoms with E-state index >= 15 is 0 Å². The molecule has 0 saturated carbocycles. The van der Waals surface area contributed by atoms with Crippen LogP contribution in [-0.4, -0.2) is 62.7 Å². The van der Waals surface area contributed by atoms with Gasteiger partial charge >= 0.3 is 0 Å². The zero-order valence-electron chi connectivity index (χ0n) is 11.6. The van der Waals surface area contributed by atoms with Crippen molar-refractivity contribution >= 4 is 0 Å². The third-order valence-electron chi connectivity index (χ3n) is 3.56. The standard InChI is InChI=1S/C14H27N3/c1-5-8-15-11-13(2)17-9-6-14(7-10-17)12-16(3)4/h1,13-15H,6-12H2,2-4H3. The second-order valence-electron chi connectivity index (χ2n) is 5.43. The highest BCUT2D eigenvalue weighted by atomic mass is 15.2. The Morgan fingerprint density at radius 2 is 2.06 bits per heavy atom. The maximum atomic E-state index is 5.23. The summed E-state index contributed by atoms with van der Waals surface area (Å²) in [7, 11) is 4.33. The van der Waals surface area contributed by atoms with E-state index in [-0.39, 0.29) is 0 Å². The van der Waals surface area contributed by atoms with Crippen molar-refractivity contribution in [1.29, 1.82) is 0 Å². The van der Waals surface area contributed by atoms with E-state index in [1.54, 1.807) is 0 Å². The molecule has 1 fully saturated rings. The average Bonchev–Trinajstić information content (AvgIpc) is 2.29. The van der Waals surface area contributed by atoms with Crippen LogP contribution in [0.15, 0.2) is 0 Å². The van der Waals surface area contributed by atoms with Crippen molar-refractivity contribution in [1.82, 2.24) is 15.1 Å². The number of nitrogens with one attached hydrogen (secondary N) is 1. The van der Waals surface area contributed by atoms with Gasteiger partial charge in [0.1, 0.15) is 0 Å². The van der Waals surface area contributed by atoms with E-state index in [9.17, 15) is 0 Å². The van der Waals surface area contributed by atoms with Gasteiger partial charge in [-0.15, -0.1) is 6.42 Å². The van der Waals surface area contributed by atoms with Crippen molar-refractivity contribution in [3.63, 3.8) is 0 Å². The molecular weight excluding hydrogens is 210 g/mol. The molecule has 0 spiro atoms. The predicted octanol–water partition coefficient (Wildman–Crippen LogP) is 0.871. The molecule has 1 aliphatic rings. The summed E-state index contributed by atoms with van der Waals surface area (Å²) in [6.07, 6.45) is 7.89. The molecule has 0 aromatic rings. The Bertz CT molecular complexity index is 236. The van der Waals surface area contributed by atoms with E-state index < -0.39 is 0 Å². The fraction of sp³-hybridized carbons (Fsp3) is 0.857. The van der Waals surface area contributed by atoms with Crippen LogP contribution >= 0.6 is 0 Å². The van der Waals surface area contributed by atoms with Crippen LogP contribution in [-0.2, 0) is 0 Å². The summed E-state index contributed by atoms with van der Waals surface area (Å²) >= 11 is 0. The van der Waals surface area contributed by atoms with Gasteiger partial charge in [0.15, 0.2) is 0 Å². The van der Waals surface area contributed by atoms with Crippen molar-refractivity contribution in [3.8, 4) is 12.3 Å². The van der Waals surface area contributed by atoms with Crippen LogP contribution in [0.2, 0.25) is 0 Å². The Hall–Kier alpha value is -0.560. The van der Waals surface area contributed by atoms with E-state index in [4.69, 9.17) is 6.42 Å². The van der Waals surface area contributed by atoms with Gasteiger partial charge in [-0.05, 0) is 52.9 Å². The minimum Gasteiger partial charge on any atom is -0.309 e. The summed E-state index contributed by atoms with van der Waals surface area (Å²) in [5, 5.41) is 3.29. The minimum atomic E-state index is 0.601. The Balaban J connectivity index is 2.19. The van der Waals surface area contributed by atoms with Crippen LogP contribution in [0.1, 0.15) is 19.8 Å². The molecule has 1 unspecified atom stereocenters. The molecule has 0 aromatic heterocycles. The minimum absolute atomic E-state index is 0.601. The van der Waals surface area contributed by atoms with Crippen LogP contribution < -0.4 is 5.32 Å². The molecule has 1 rings (SSSR count). The smallest absolute Gasteiger partial charge is 0.0574 e. The number of hydrogen-bond donors (Lipinski definition) is 1. The summed E-state index contributed by atoms with van der Waals surface area (Å²) < 4.78 is 0. The summed E-state index contributed by atoms with van der Waals surface area (Å²) in [5.41, 5.74) is 0. The number of hydrogen-bond acceptors (Lipinski definition) is 3. The van der Waals surface area contributed by atoms with Gasteiger partial charge in [-0.1, -0.05) is 5.92 Å². The van der Waals surface area contributed by atoms with Gasteiger partial charge in [-0.2, -0.15) is 0 Å². The molecule has 17 heavy (non-hydrogen) atoms. The number of nitrogens with zero attached hydrogens (tertiary/aromatic N) is 2. The van der Waals surface area contributed by atoms with Crippen LogP contribution in [0.25, 0.3) is 0 Å². The molecule has 3 heteroatoms. The highest BCUT2D eigenvalue weighted by molar-refractivity contribution is 4.87. The number of terminal acetylenes is 1. The first-order valence-corrected chi connectivity index (χ1v) is 6.66. The first kappa shape index (κ1) is 14.5. The molecule has 1 heterocycles. The van der Waals surface area contributed by atoms with E-state index in [2.05, 4.69) is 42.1 Å². The average molecular weight is 237 g/mol. The lowest BCUT2D eigenvalue weighted by atomic mass is 9.95. The topological polar surface area (TPSA) is 18.5 Å². The molecule has 1 N–H and O–H groups in total. The summed E-state index contributed by atoms with van der Waals surface area (Å²) in [5.74, 6) is 3.50. The molecule has 1 atom stereocenters. The van der Waals surface area contributed by atoms with E-state index in [0.29, 0.717) is 12.6 Å². The van der Waals surface area contributed by atoms with Gasteiger partial charge in [0.05, 0.1) is 6.54 Å². The maximum absolute atomic E-state index is 5.23. The van der Waals surface area contributed by atoms with Crippen molar-refractivity contribution < 1.29 is 0 Å². The monoisotopic (exact) mass is 237 g/mol. The molecule has 1 aliphatic heterocycles. The lowest BCUT2D eigenvalue weighted by molar-refractivity contribution is 0.126. The molecule has 0 radical (unpaired) electrons. The van der Waals surface area contributed by atoms with Gasteiger partial charge in [-0.25, -0.2) is 0 Å². The Morgan fingerprint density at radius 3 is 2.59 bits per heavy atom. The number of rotatable bonds is 6. The normalized spacial score (nSPS) is 20.4. The molecule has 98 valence electrons. The third kappa shape index (κ3) is 5.54. The molecule has 0 bridgehead atoms. The van der Waals surface area contributed by atoms with Crippen molar-refractivity contribution in [2.45, 2.75) is 25.8 Å². The first-order valence-electron chi connectivity index (χ1n) is 6.66. The second-order valence-corrected chi connectivity index (χ2v) is 5.43. The quantitative estimate of drug-likeness (QED) is 0.546. The zero-order valence-corrected chi connectivity index (χ0v) is 11.6. The van der Waals surface area contributed by atoms with Crippen molar-refractivity contribution in [2.75, 3.05) is 46.8 Å². The van der Waals surface area contributed by atoms with Crippen molar-refractivity contribution in [2.24, 2.45) is 5.92 Å². The largest absolute Gasteiger partial charge is 0.309 e. The Kier molecular flexibility index (Phi) is 6.57. The second kappa shape index (κ2) is 7.71. The Labute approximate surface area is 107 Å². The molecule has 0 amide bonds. The fourth-order valence-electron chi connectivity index (χ4n) is 2.58. The van der Waals surface area contributed by atoms with Crippen LogP contribution in [0.3, 0.4) is 0 Å². The number of likely N-dealkylation sites (tertiary alicyclic amines) is 1. The lowest BCUT2D eigenvalue weighted by Crippen LogP contribution is -2.45. The molecule has 0 aromatic carbocycles. The van der Waals surface area contributed by atoms with Gasteiger partial charge in [0, 0.05) is 19.1 Å². The third-order valence-corrected chi connectivity index (χ3v) is 3.56. The Morgan fingerprint density at radius 1 is 1.41 bits per heavy atom. The van der Waals surface area contributed by atoms with Gasteiger partial charge < -0.3 is 10.2 Å². The highest BCUT2D eigenvalue weighted by Gasteiger charge is 2.22. The highest BCUT2D eigenvalue weighted by Crippen LogP contribution is 2.19. The predicted molar refractivity (Wildman–Crippen MR) is 74.0 cm³/mol. The zero-order chi connectivity index (χ0) is 12.7. The van der Waals surface area contributed by atoms with Gasteiger partial charge in [-0.3, -0.25) is 4.90 Å². The summed E-state index contributed by atoms with van der Waals surface area (Å²) in [6, 6.07) is 0.601. The fourth-order valence-corrected chi connectivity index (χ4v) is 2.58. The van der Waals surface area contributed by atoms with E-state index in [1.165, 1.54) is 32.5 Å². The van der Waals surface area contributed by atoms with Gasteiger partial charge in [0.2, 0.25) is 0 Å². The first-order chi connectivity index (χ1) is 8.13.